The highest BCUT2D eigenvalue weighted by atomic mass is 33.1. The maximum atomic E-state index is 12.8. The number of carboxylic acid groups (broad SMARTS) is 2. The lowest BCUT2D eigenvalue weighted by Gasteiger charge is -2.17. The summed E-state index contributed by atoms with van der Waals surface area (Å²) in [5, 5.41) is 31.0. The van der Waals surface area contributed by atoms with Crippen LogP contribution in [0, 0.1) is 0 Å². The number of anilines is 4. The molecular weight excluding hydrogens is 725 g/mol. The maximum Gasteiger partial charge on any atom is 0.321 e. The summed E-state index contributed by atoms with van der Waals surface area (Å²) in [5.74, 6) is -1.91. The third kappa shape index (κ3) is 10.5. The summed E-state index contributed by atoms with van der Waals surface area (Å²) in [7, 11) is -5.04. The number of nitrogens with one attached hydrogen (secondary N) is 4. The number of nitrogen functional groups attached to an aromatic ring is 2. The Labute approximate surface area is 297 Å². The second kappa shape index (κ2) is 17.5. The number of rotatable bonds is 19. The van der Waals surface area contributed by atoms with Gasteiger partial charge in [0, 0.05) is 34.3 Å². The van der Waals surface area contributed by atoms with Crippen LogP contribution < -0.4 is 32.7 Å². The van der Waals surface area contributed by atoms with Gasteiger partial charge in [-0.3, -0.25) is 20.2 Å². The molecule has 10 N–H and O–H groups in total. The molecule has 0 aromatic heterocycles. The Morgan fingerprint density at radius 2 is 0.820 bits per heavy atom. The van der Waals surface area contributed by atoms with Crippen LogP contribution in [0.25, 0.3) is 0 Å². The molecule has 14 nitrogen and oxygen atoms in total. The van der Waals surface area contributed by atoms with Crippen molar-refractivity contribution >= 4 is 76.0 Å². The fraction of sp³-hybridized carbons (Fsp3) is 0.188. The molecule has 0 heterocycles. The summed E-state index contributed by atoms with van der Waals surface area (Å²) >= 11 is 0. The third-order valence-electron chi connectivity index (χ3n) is 7.14. The topological polar surface area (TPSA) is 243 Å². The molecule has 0 spiro atoms. The van der Waals surface area contributed by atoms with E-state index in [1.165, 1.54) is 94.4 Å². The van der Waals surface area contributed by atoms with E-state index in [0.717, 1.165) is 0 Å². The molecule has 0 bridgehead atoms. The van der Waals surface area contributed by atoms with Crippen LogP contribution in [0.5, 0.6) is 0 Å². The molecular formula is C32H36N6O8S4. The zero-order valence-electron chi connectivity index (χ0n) is 26.4. The van der Waals surface area contributed by atoms with Crippen molar-refractivity contribution in [1.29, 1.82) is 0 Å². The number of sulfone groups is 2. The van der Waals surface area contributed by atoms with Gasteiger partial charge in [0.25, 0.3) is 0 Å². The zero-order valence-corrected chi connectivity index (χ0v) is 29.6. The predicted octanol–water partition coefficient (Wildman–Crippen LogP) is 3.42. The molecule has 0 saturated carbocycles. The van der Waals surface area contributed by atoms with E-state index in [1.807, 2.05) is 0 Å². The first-order valence-electron chi connectivity index (χ1n) is 14.8. The van der Waals surface area contributed by atoms with Gasteiger partial charge in [-0.25, -0.2) is 16.8 Å². The number of hydrogen-bond acceptors (Lipinski definition) is 14. The van der Waals surface area contributed by atoms with E-state index in [2.05, 4.69) is 21.3 Å². The normalized spacial score (nSPS) is 12.9. The SMILES string of the molecule is Nc1ccc(S(=O)(=O)c2ccc(NCN[C@H](CSSC[C@@H](NCNc3ccc(S(=O)(=O)c4ccc(N)cc4)cc3)C(=O)O)C(=O)O)cc2)cc1. The van der Waals surface area contributed by atoms with E-state index in [0.29, 0.717) is 22.7 Å². The fourth-order valence-corrected chi connectivity index (χ4v) is 9.19. The molecule has 0 aliphatic rings. The van der Waals surface area contributed by atoms with Crippen molar-refractivity contribution in [3.8, 4) is 0 Å². The highest BCUT2D eigenvalue weighted by Crippen LogP contribution is 2.25. The molecule has 4 aromatic carbocycles. The standard InChI is InChI=1S/C32H36N6O8S4/c33-21-1-9-25(10-2-21)49(43,44)27-13-5-23(6-14-27)35-19-37-29(31(39)40)17-47-48-18-30(32(41)42)38-20-36-24-7-15-28(16-8-24)50(45,46)26-11-3-22(34)4-12-26/h1-16,29-30,35-38H,17-20,33-34H2,(H,39,40)(H,41,42)/t29-,30-/m1/s1. The number of hydrogen-bond donors (Lipinski definition) is 8. The summed E-state index contributed by atoms with van der Waals surface area (Å²) < 4.78 is 51.3. The number of aliphatic carboxylic acids is 2. The Morgan fingerprint density at radius 3 is 1.10 bits per heavy atom. The lowest BCUT2D eigenvalue weighted by molar-refractivity contribution is -0.139. The smallest absolute Gasteiger partial charge is 0.321 e. The van der Waals surface area contributed by atoms with Gasteiger partial charge in [0.05, 0.1) is 32.9 Å². The monoisotopic (exact) mass is 760 g/mol. The van der Waals surface area contributed by atoms with Crippen LogP contribution in [0.1, 0.15) is 0 Å². The molecule has 0 radical (unpaired) electrons. The van der Waals surface area contributed by atoms with Gasteiger partial charge in [-0.1, -0.05) is 21.6 Å². The van der Waals surface area contributed by atoms with Gasteiger partial charge >= 0.3 is 11.9 Å². The molecule has 0 fully saturated rings. The largest absolute Gasteiger partial charge is 0.480 e. The average Bonchev–Trinajstić information content (AvgIpc) is 3.09. The quantitative estimate of drug-likeness (QED) is 0.0295. The van der Waals surface area contributed by atoms with Crippen molar-refractivity contribution < 1.29 is 36.6 Å². The van der Waals surface area contributed by atoms with Crippen LogP contribution in [-0.2, 0) is 29.3 Å². The molecule has 0 saturated heterocycles. The Kier molecular flexibility index (Phi) is 13.4. The maximum absolute atomic E-state index is 12.8. The number of carbonyl (C=O) groups is 2. The number of benzene rings is 4. The van der Waals surface area contributed by atoms with Gasteiger partial charge in [-0.05, 0) is 97.1 Å². The van der Waals surface area contributed by atoms with Crippen LogP contribution in [-0.4, -0.2) is 75.9 Å². The van der Waals surface area contributed by atoms with Crippen LogP contribution in [0.2, 0.25) is 0 Å². The Hall–Kier alpha value is -4.46. The summed E-state index contributed by atoms with van der Waals surface area (Å²) in [6, 6.07) is 22.0. The van der Waals surface area contributed by atoms with Gasteiger partial charge in [-0.2, -0.15) is 0 Å². The van der Waals surface area contributed by atoms with E-state index in [-0.39, 0.29) is 44.4 Å². The van der Waals surface area contributed by atoms with Crippen molar-refractivity contribution in [2.24, 2.45) is 0 Å². The van der Waals surface area contributed by atoms with E-state index in [9.17, 15) is 36.6 Å². The molecule has 0 amide bonds. The molecule has 2 atom stereocenters. The minimum atomic E-state index is -3.72. The summed E-state index contributed by atoms with van der Waals surface area (Å²) in [4.78, 5) is 24.0. The van der Waals surface area contributed by atoms with Gasteiger partial charge in [0.15, 0.2) is 0 Å². The first-order valence-corrected chi connectivity index (χ1v) is 20.3. The number of nitrogens with two attached hydrogens (primary N) is 2. The lowest BCUT2D eigenvalue weighted by Crippen LogP contribution is -2.42. The van der Waals surface area contributed by atoms with Crippen LogP contribution >= 0.6 is 21.6 Å². The van der Waals surface area contributed by atoms with Crippen molar-refractivity contribution in [3.63, 3.8) is 0 Å². The minimum absolute atomic E-state index is 0.0749. The van der Waals surface area contributed by atoms with Crippen molar-refractivity contribution in [1.82, 2.24) is 10.6 Å². The van der Waals surface area contributed by atoms with E-state index >= 15 is 0 Å². The van der Waals surface area contributed by atoms with Crippen molar-refractivity contribution in [2.45, 2.75) is 31.7 Å². The summed E-state index contributed by atoms with van der Waals surface area (Å²) in [6.45, 7) is 0.150. The summed E-state index contributed by atoms with van der Waals surface area (Å²) in [6.07, 6.45) is 0. The third-order valence-corrected chi connectivity index (χ3v) is 13.1. The van der Waals surface area contributed by atoms with Crippen LogP contribution in [0.4, 0.5) is 22.7 Å². The minimum Gasteiger partial charge on any atom is -0.480 e. The Balaban J connectivity index is 1.18. The molecule has 266 valence electrons. The fourth-order valence-electron chi connectivity index (χ4n) is 4.29. The predicted molar refractivity (Wildman–Crippen MR) is 197 cm³/mol. The number of carboxylic acids is 2. The molecule has 0 aliphatic heterocycles. The Bertz CT molecular complexity index is 1820. The highest BCUT2D eigenvalue weighted by Gasteiger charge is 2.21. The highest BCUT2D eigenvalue weighted by molar-refractivity contribution is 8.76. The van der Waals surface area contributed by atoms with Gasteiger partial charge < -0.3 is 32.3 Å². The van der Waals surface area contributed by atoms with Crippen molar-refractivity contribution in [2.75, 3.05) is 46.9 Å². The second-order valence-electron chi connectivity index (χ2n) is 10.7. The van der Waals surface area contributed by atoms with Gasteiger partial charge in [-0.15, -0.1) is 0 Å². The first-order chi connectivity index (χ1) is 23.8. The van der Waals surface area contributed by atoms with Gasteiger partial charge in [0.1, 0.15) is 12.1 Å². The molecule has 0 aliphatic carbocycles. The lowest BCUT2D eigenvalue weighted by atomic mass is 10.3. The Morgan fingerprint density at radius 1 is 0.540 bits per heavy atom. The van der Waals surface area contributed by atoms with Crippen LogP contribution in [0.3, 0.4) is 0 Å². The molecule has 4 aromatic rings. The van der Waals surface area contributed by atoms with E-state index < -0.39 is 43.7 Å². The second-order valence-corrected chi connectivity index (χ2v) is 17.1. The molecule has 18 heteroatoms. The van der Waals surface area contributed by atoms with Crippen molar-refractivity contribution in [3.05, 3.63) is 97.1 Å². The summed E-state index contributed by atoms with van der Waals surface area (Å²) in [5.41, 5.74) is 13.3. The van der Waals surface area contributed by atoms with Gasteiger partial charge in [0.2, 0.25) is 19.7 Å². The average molecular weight is 761 g/mol. The zero-order chi connectivity index (χ0) is 36.3. The van der Waals surface area contributed by atoms with E-state index in [4.69, 9.17) is 11.5 Å². The van der Waals surface area contributed by atoms with Crippen LogP contribution in [0.15, 0.2) is 117 Å². The first kappa shape index (κ1) is 38.3. The molecule has 50 heavy (non-hydrogen) atoms. The van der Waals surface area contributed by atoms with E-state index in [1.54, 1.807) is 24.3 Å². The molecule has 4 rings (SSSR count). The molecule has 0 unspecified atom stereocenters.